The van der Waals surface area contributed by atoms with Crippen LogP contribution in [0.4, 0.5) is 0 Å². The summed E-state index contributed by atoms with van der Waals surface area (Å²) in [5.74, 6) is 1.73. The first-order valence-electron chi connectivity index (χ1n) is 11.1. The van der Waals surface area contributed by atoms with Gasteiger partial charge in [-0.2, -0.15) is 0 Å². The normalized spacial score (nSPS) is 11.1. The Morgan fingerprint density at radius 2 is 1.00 bits per heavy atom. The maximum atomic E-state index is 5.60. The van der Waals surface area contributed by atoms with Crippen molar-refractivity contribution >= 4 is 24.4 Å². The fourth-order valence-corrected chi connectivity index (χ4v) is 4.39. The Kier molecular flexibility index (Phi) is 7.79. The van der Waals surface area contributed by atoms with E-state index in [0.717, 1.165) is 47.1 Å². The van der Waals surface area contributed by atoms with E-state index < -0.39 is 0 Å². The summed E-state index contributed by atoms with van der Waals surface area (Å²) in [5, 5.41) is 0. The van der Waals surface area contributed by atoms with Crippen LogP contribution in [-0.2, 0) is 13.1 Å². The van der Waals surface area contributed by atoms with E-state index in [1.54, 1.807) is 12.4 Å². The van der Waals surface area contributed by atoms with Crippen LogP contribution in [0.1, 0.15) is 38.5 Å². The number of aryl methyl sites for hydroxylation is 2. The molecule has 0 aliphatic carbocycles. The van der Waals surface area contributed by atoms with E-state index in [1.165, 1.54) is 25.7 Å². The topological polar surface area (TPSA) is 45.5 Å². The van der Waals surface area contributed by atoms with Crippen LogP contribution < -0.4 is 0 Å². The second kappa shape index (κ2) is 11.2. The van der Waals surface area contributed by atoms with E-state index in [-0.39, 0.29) is 0 Å². The molecule has 0 saturated heterocycles. The lowest BCUT2D eigenvalue weighted by Gasteiger charge is -2.06. The van der Waals surface area contributed by atoms with Crippen LogP contribution in [0.25, 0.3) is 11.6 Å². The van der Waals surface area contributed by atoms with Gasteiger partial charge in [0.2, 0.25) is 0 Å². The lowest BCUT2D eigenvalue weighted by atomic mass is 10.1. The Hall–Kier alpha value is -2.84. The van der Waals surface area contributed by atoms with Crippen LogP contribution in [0.15, 0.2) is 73.6 Å². The molecule has 0 atom stereocenters. The average molecular weight is 465 g/mol. The molecule has 4 aromatic rings. The molecule has 0 radical (unpaired) electrons. The van der Waals surface area contributed by atoms with Crippen molar-refractivity contribution in [3.63, 3.8) is 0 Å². The molecule has 0 fully saturated rings. The van der Waals surface area contributed by atoms with Crippen molar-refractivity contribution < 1.29 is 0 Å². The summed E-state index contributed by atoms with van der Waals surface area (Å²) in [6, 6.07) is 11.7. The second-order valence-electron chi connectivity index (χ2n) is 7.79. The van der Waals surface area contributed by atoms with Gasteiger partial charge in [0.1, 0.15) is 11.6 Å². The molecule has 6 nitrogen and oxygen atoms in total. The van der Waals surface area contributed by atoms with Crippen LogP contribution in [0.3, 0.4) is 0 Å². The predicted molar refractivity (Wildman–Crippen MR) is 132 cm³/mol. The van der Waals surface area contributed by atoms with Crippen LogP contribution in [0, 0.1) is 9.54 Å². The molecule has 0 aliphatic rings. The fraction of sp³-hybridized carbons (Fsp3) is 0.333. The molecule has 4 rings (SSSR count). The minimum Gasteiger partial charge on any atom is -0.323 e. The first-order valence-corrected chi connectivity index (χ1v) is 11.9. The molecule has 0 unspecified atom stereocenters. The minimum atomic E-state index is 0.804. The van der Waals surface area contributed by atoms with Gasteiger partial charge in [-0.05, 0) is 61.5 Å². The molecule has 4 heterocycles. The number of unbranched alkanes of at least 4 members (excludes halogenated alkanes) is 5. The molecule has 0 aliphatic heterocycles. The molecule has 8 heteroatoms. The van der Waals surface area contributed by atoms with Gasteiger partial charge in [0.25, 0.3) is 0 Å². The molecule has 32 heavy (non-hydrogen) atoms. The van der Waals surface area contributed by atoms with Crippen molar-refractivity contribution in [1.82, 2.24) is 28.2 Å². The van der Waals surface area contributed by atoms with Crippen LogP contribution in [-0.4, -0.2) is 28.2 Å². The van der Waals surface area contributed by atoms with Crippen molar-refractivity contribution in [3.8, 4) is 11.6 Å². The molecule has 0 spiro atoms. The predicted octanol–water partition coefficient (Wildman–Crippen LogP) is 6.16. The Bertz CT molecular complexity index is 1120. The molecule has 0 bridgehead atoms. The van der Waals surface area contributed by atoms with Crippen molar-refractivity contribution in [3.05, 3.63) is 83.1 Å². The highest BCUT2D eigenvalue weighted by Gasteiger charge is 2.04. The van der Waals surface area contributed by atoms with Gasteiger partial charge in [-0.25, -0.2) is 9.97 Å². The number of hydrogen-bond donors (Lipinski definition) is 0. The summed E-state index contributed by atoms with van der Waals surface area (Å²) in [5.41, 5.74) is 0. The molecular formula is C24H28N6S2. The zero-order valence-electron chi connectivity index (χ0n) is 18.1. The van der Waals surface area contributed by atoms with Crippen molar-refractivity contribution in [1.29, 1.82) is 0 Å². The number of pyridine rings is 2. The van der Waals surface area contributed by atoms with Crippen molar-refractivity contribution in [2.75, 3.05) is 0 Å². The zero-order chi connectivity index (χ0) is 22.2. The first kappa shape index (κ1) is 22.4. The van der Waals surface area contributed by atoms with E-state index in [1.807, 2.05) is 57.9 Å². The standard InChI is InChI=1S/C24H28N6S2/c31-23-27(17-19-29(23)21-11-5-7-13-25-21)15-9-3-1-2-4-10-16-28-18-20-30(24(28)32)22-12-6-8-14-26-22/h5-8,11-14,17-20H,1-4,9-10,15-16H2. The van der Waals surface area contributed by atoms with Gasteiger partial charge in [-0.1, -0.05) is 37.8 Å². The Balaban J connectivity index is 1.14. The van der Waals surface area contributed by atoms with Gasteiger partial charge < -0.3 is 9.13 Å². The smallest absolute Gasteiger partial charge is 0.185 e. The third-order valence-electron chi connectivity index (χ3n) is 5.54. The monoisotopic (exact) mass is 464 g/mol. The zero-order valence-corrected chi connectivity index (χ0v) is 19.7. The molecule has 4 aromatic heterocycles. The number of imidazole rings is 2. The number of aromatic nitrogens is 6. The van der Waals surface area contributed by atoms with Gasteiger partial charge in [0, 0.05) is 50.3 Å². The SMILES string of the molecule is S=c1n(CCCCCCCCn2ccn(-c3ccccn3)c2=S)ccn1-c1ccccn1. The van der Waals surface area contributed by atoms with E-state index in [0.29, 0.717) is 0 Å². The highest BCUT2D eigenvalue weighted by atomic mass is 32.1. The Morgan fingerprint density at radius 3 is 1.41 bits per heavy atom. The minimum absolute atomic E-state index is 0.804. The molecule has 0 saturated carbocycles. The number of rotatable bonds is 11. The van der Waals surface area contributed by atoms with Gasteiger partial charge in [0.05, 0.1) is 0 Å². The summed E-state index contributed by atoms with van der Waals surface area (Å²) in [6.45, 7) is 1.91. The van der Waals surface area contributed by atoms with Gasteiger partial charge in [-0.3, -0.25) is 9.13 Å². The van der Waals surface area contributed by atoms with Gasteiger partial charge in [0.15, 0.2) is 9.54 Å². The molecule has 0 aromatic carbocycles. The summed E-state index contributed by atoms with van der Waals surface area (Å²) < 4.78 is 9.80. The van der Waals surface area contributed by atoms with Crippen molar-refractivity contribution in [2.45, 2.75) is 51.6 Å². The Labute approximate surface area is 198 Å². The van der Waals surface area contributed by atoms with E-state index in [9.17, 15) is 0 Å². The summed E-state index contributed by atoms with van der Waals surface area (Å²) in [6.07, 6.45) is 18.9. The van der Waals surface area contributed by atoms with Crippen molar-refractivity contribution in [2.24, 2.45) is 0 Å². The average Bonchev–Trinajstić information content (AvgIpc) is 3.39. The summed E-state index contributed by atoms with van der Waals surface area (Å²) in [7, 11) is 0. The quantitative estimate of drug-likeness (QED) is 0.197. The fourth-order valence-electron chi connectivity index (χ4n) is 3.78. The largest absolute Gasteiger partial charge is 0.323 e. The molecule has 166 valence electrons. The van der Waals surface area contributed by atoms with Crippen LogP contribution >= 0.6 is 24.4 Å². The first-order chi connectivity index (χ1) is 15.7. The van der Waals surface area contributed by atoms with Crippen LogP contribution in [0.2, 0.25) is 0 Å². The van der Waals surface area contributed by atoms with Gasteiger partial charge >= 0.3 is 0 Å². The van der Waals surface area contributed by atoms with E-state index in [4.69, 9.17) is 24.4 Å². The third-order valence-corrected chi connectivity index (χ3v) is 6.40. The second-order valence-corrected chi connectivity index (χ2v) is 8.52. The molecular weight excluding hydrogens is 436 g/mol. The van der Waals surface area contributed by atoms with E-state index in [2.05, 4.69) is 31.5 Å². The highest BCUT2D eigenvalue weighted by Crippen LogP contribution is 2.12. The maximum absolute atomic E-state index is 5.60. The summed E-state index contributed by atoms with van der Waals surface area (Å²) in [4.78, 5) is 8.75. The highest BCUT2D eigenvalue weighted by molar-refractivity contribution is 7.71. The Morgan fingerprint density at radius 1 is 0.562 bits per heavy atom. The third kappa shape index (κ3) is 5.49. The molecule has 0 amide bonds. The van der Waals surface area contributed by atoms with Crippen LogP contribution in [0.5, 0.6) is 0 Å². The molecule has 0 N–H and O–H groups in total. The van der Waals surface area contributed by atoms with E-state index >= 15 is 0 Å². The lowest BCUT2D eigenvalue weighted by Crippen LogP contribution is -2.01. The van der Waals surface area contributed by atoms with Gasteiger partial charge in [-0.15, -0.1) is 0 Å². The maximum Gasteiger partial charge on any atom is 0.185 e. The number of nitrogens with zero attached hydrogens (tertiary/aromatic N) is 6. The summed E-state index contributed by atoms with van der Waals surface area (Å²) >= 11 is 11.2. The number of hydrogen-bond acceptors (Lipinski definition) is 4. The lowest BCUT2D eigenvalue weighted by molar-refractivity contribution is 0.526.